The quantitative estimate of drug-likeness (QED) is 0.704. The van der Waals surface area contributed by atoms with Crippen molar-refractivity contribution in [1.82, 2.24) is 10.2 Å². The van der Waals surface area contributed by atoms with Gasteiger partial charge in [0.25, 0.3) is 0 Å². The maximum absolute atomic E-state index is 10.9. The molecule has 0 bridgehead atoms. The average Bonchev–Trinajstić information content (AvgIpc) is 2.30. The second kappa shape index (κ2) is 4.49. The van der Waals surface area contributed by atoms with E-state index in [-0.39, 0.29) is 12.1 Å². The summed E-state index contributed by atoms with van der Waals surface area (Å²) in [5, 5.41) is 12.2. The molecule has 0 aliphatic carbocycles. The van der Waals surface area contributed by atoms with Gasteiger partial charge in [-0.1, -0.05) is 6.08 Å². The molecule has 4 nitrogen and oxygen atoms in total. The molecule has 0 amide bonds. The van der Waals surface area contributed by atoms with Crippen molar-refractivity contribution in [1.29, 1.82) is 0 Å². The van der Waals surface area contributed by atoms with Crippen LogP contribution in [0.25, 0.3) is 0 Å². The first-order valence-electron chi connectivity index (χ1n) is 5.33. The van der Waals surface area contributed by atoms with Crippen LogP contribution < -0.4 is 5.32 Å². The van der Waals surface area contributed by atoms with Gasteiger partial charge in [-0.25, -0.2) is 0 Å². The molecule has 0 aromatic rings. The van der Waals surface area contributed by atoms with Crippen LogP contribution in [0, 0.1) is 5.92 Å². The number of nitrogens with one attached hydrogen (secondary N) is 1. The molecule has 1 unspecified atom stereocenters. The minimum Gasteiger partial charge on any atom is -0.481 e. The number of piperidine rings is 1. The number of hydrogen-bond donors (Lipinski definition) is 2. The number of carboxylic acid groups (broad SMARTS) is 1. The first-order chi connectivity index (χ1) is 7.27. The van der Waals surface area contributed by atoms with Crippen molar-refractivity contribution in [3.63, 3.8) is 0 Å². The van der Waals surface area contributed by atoms with Crippen LogP contribution in [0.5, 0.6) is 0 Å². The molecule has 1 saturated heterocycles. The maximum atomic E-state index is 10.9. The molecule has 2 aliphatic heterocycles. The minimum absolute atomic E-state index is 0.164. The second-order valence-electron chi connectivity index (χ2n) is 4.03. The molecule has 1 fully saturated rings. The van der Waals surface area contributed by atoms with Gasteiger partial charge in [0.05, 0.1) is 12.1 Å². The summed E-state index contributed by atoms with van der Waals surface area (Å²) < 4.78 is 0. The van der Waals surface area contributed by atoms with Crippen LogP contribution in [0.15, 0.2) is 24.4 Å². The van der Waals surface area contributed by atoms with E-state index in [1.54, 1.807) is 0 Å². The predicted octanol–water partition coefficient (Wildman–Crippen LogP) is 0.782. The topological polar surface area (TPSA) is 52.6 Å². The van der Waals surface area contributed by atoms with Gasteiger partial charge in [-0.05, 0) is 31.2 Å². The molecule has 0 saturated carbocycles. The van der Waals surface area contributed by atoms with Crippen LogP contribution in [0.2, 0.25) is 0 Å². The summed E-state index contributed by atoms with van der Waals surface area (Å²) in [6.07, 6.45) is 9.82. The van der Waals surface area contributed by atoms with Crippen LogP contribution >= 0.6 is 0 Å². The molecule has 2 aliphatic rings. The third-order valence-corrected chi connectivity index (χ3v) is 2.96. The number of allylic oxidation sites excluding steroid dienone is 2. The number of dihydropyridines is 1. The van der Waals surface area contributed by atoms with Crippen LogP contribution in [-0.2, 0) is 4.79 Å². The minimum atomic E-state index is -0.671. The van der Waals surface area contributed by atoms with Gasteiger partial charge >= 0.3 is 5.97 Å². The molecule has 2 N–H and O–H groups in total. The SMILES string of the molecule is O=C(O)[C@@H]1CCCN(C2C=CC=CN2)C1. The van der Waals surface area contributed by atoms with E-state index in [1.165, 1.54) is 0 Å². The molecule has 82 valence electrons. The zero-order valence-electron chi connectivity index (χ0n) is 8.60. The number of rotatable bonds is 2. The lowest BCUT2D eigenvalue weighted by Crippen LogP contribution is -2.49. The first-order valence-corrected chi connectivity index (χ1v) is 5.33. The molecule has 0 spiro atoms. The molecule has 0 radical (unpaired) electrons. The number of carboxylic acids is 1. The predicted molar refractivity (Wildman–Crippen MR) is 57.1 cm³/mol. The van der Waals surface area contributed by atoms with Gasteiger partial charge in [0, 0.05) is 13.1 Å². The molecular weight excluding hydrogens is 192 g/mol. The van der Waals surface area contributed by atoms with Crippen LogP contribution in [0.3, 0.4) is 0 Å². The Bertz CT molecular complexity index is 299. The molecule has 15 heavy (non-hydrogen) atoms. The highest BCUT2D eigenvalue weighted by Crippen LogP contribution is 2.18. The normalized spacial score (nSPS) is 31.2. The van der Waals surface area contributed by atoms with E-state index in [0.29, 0.717) is 6.54 Å². The van der Waals surface area contributed by atoms with Crippen LogP contribution in [0.1, 0.15) is 12.8 Å². The fraction of sp³-hybridized carbons (Fsp3) is 0.545. The number of aliphatic carboxylic acids is 1. The van der Waals surface area contributed by atoms with Crippen LogP contribution in [0.4, 0.5) is 0 Å². The van der Waals surface area contributed by atoms with E-state index in [1.807, 2.05) is 18.4 Å². The van der Waals surface area contributed by atoms with Crippen molar-refractivity contribution in [2.75, 3.05) is 13.1 Å². The Morgan fingerprint density at radius 1 is 1.47 bits per heavy atom. The number of nitrogens with zero attached hydrogens (tertiary/aromatic N) is 1. The molecule has 2 atom stereocenters. The lowest BCUT2D eigenvalue weighted by molar-refractivity contribution is -0.143. The fourth-order valence-electron chi connectivity index (χ4n) is 2.12. The van der Waals surface area contributed by atoms with Gasteiger partial charge in [-0.2, -0.15) is 0 Å². The third kappa shape index (κ3) is 2.39. The second-order valence-corrected chi connectivity index (χ2v) is 4.03. The summed E-state index contributed by atoms with van der Waals surface area (Å²) in [5.74, 6) is -0.880. The first kappa shape index (κ1) is 10.2. The fourth-order valence-corrected chi connectivity index (χ4v) is 2.12. The largest absolute Gasteiger partial charge is 0.481 e. The van der Waals surface area contributed by atoms with E-state index in [9.17, 15) is 4.79 Å². The number of likely N-dealkylation sites (tertiary alicyclic amines) is 1. The van der Waals surface area contributed by atoms with Crippen LogP contribution in [-0.4, -0.2) is 35.2 Å². The highest BCUT2D eigenvalue weighted by Gasteiger charge is 2.28. The van der Waals surface area contributed by atoms with E-state index in [4.69, 9.17) is 5.11 Å². The monoisotopic (exact) mass is 208 g/mol. The Kier molecular flexibility index (Phi) is 3.06. The van der Waals surface area contributed by atoms with Gasteiger partial charge < -0.3 is 10.4 Å². The molecule has 2 rings (SSSR count). The van der Waals surface area contributed by atoms with Crippen molar-refractivity contribution in [3.8, 4) is 0 Å². The van der Waals surface area contributed by atoms with Crippen molar-refractivity contribution in [2.24, 2.45) is 5.92 Å². The van der Waals surface area contributed by atoms with Crippen molar-refractivity contribution in [2.45, 2.75) is 19.0 Å². The molecular formula is C11H16N2O2. The Labute approximate surface area is 89.3 Å². The molecule has 0 aromatic heterocycles. The molecule has 2 heterocycles. The number of hydrogen-bond acceptors (Lipinski definition) is 3. The summed E-state index contributed by atoms with van der Waals surface area (Å²) in [7, 11) is 0. The highest BCUT2D eigenvalue weighted by atomic mass is 16.4. The Hall–Kier alpha value is -1.29. The van der Waals surface area contributed by atoms with Gasteiger partial charge in [0.15, 0.2) is 0 Å². The van der Waals surface area contributed by atoms with Gasteiger partial charge in [-0.3, -0.25) is 9.69 Å². The average molecular weight is 208 g/mol. The van der Waals surface area contributed by atoms with E-state index in [0.717, 1.165) is 19.4 Å². The molecule has 4 heteroatoms. The third-order valence-electron chi connectivity index (χ3n) is 2.96. The van der Waals surface area contributed by atoms with Crippen molar-refractivity contribution < 1.29 is 9.90 Å². The Morgan fingerprint density at radius 2 is 2.33 bits per heavy atom. The van der Waals surface area contributed by atoms with Gasteiger partial charge in [0.2, 0.25) is 0 Å². The van der Waals surface area contributed by atoms with Crippen molar-refractivity contribution in [3.05, 3.63) is 24.4 Å². The Morgan fingerprint density at radius 3 is 3.00 bits per heavy atom. The van der Waals surface area contributed by atoms with Gasteiger partial charge in [0.1, 0.15) is 0 Å². The van der Waals surface area contributed by atoms with E-state index >= 15 is 0 Å². The smallest absolute Gasteiger partial charge is 0.307 e. The maximum Gasteiger partial charge on any atom is 0.307 e. The standard InChI is InChI=1S/C11H16N2O2/c14-11(15)9-4-3-7-13(8-9)10-5-1-2-6-12-10/h1-2,5-6,9-10,12H,3-4,7-8H2,(H,14,15)/t9-,10?/m1/s1. The summed E-state index contributed by atoms with van der Waals surface area (Å²) in [4.78, 5) is 13.1. The molecule has 0 aromatic carbocycles. The Balaban J connectivity index is 1.95. The van der Waals surface area contributed by atoms with E-state index in [2.05, 4.69) is 16.3 Å². The lowest BCUT2D eigenvalue weighted by atomic mass is 9.98. The summed E-state index contributed by atoms with van der Waals surface area (Å²) in [6.45, 7) is 1.62. The zero-order valence-corrected chi connectivity index (χ0v) is 8.60. The highest BCUT2D eigenvalue weighted by molar-refractivity contribution is 5.70. The zero-order chi connectivity index (χ0) is 10.7. The van der Waals surface area contributed by atoms with Crippen molar-refractivity contribution >= 4 is 5.97 Å². The summed E-state index contributed by atoms with van der Waals surface area (Å²) in [6, 6.07) is 0. The summed E-state index contributed by atoms with van der Waals surface area (Å²) in [5.41, 5.74) is 0. The van der Waals surface area contributed by atoms with Gasteiger partial charge in [-0.15, -0.1) is 0 Å². The van der Waals surface area contributed by atoms with E-state index < -0.39 is 5.97 Å². The lowest BCUT2D eigenvalue weighted by Gasteiger charge is -2.36. The number of carbonyl (C=O) groups is 1. The summed E-state index contributed by atoms with van der Waals surface area (Å²) >= 11 is 0.